The van der Waals surface area contributed by atoms with Gasteiger partial charge in [-0.2, -0.15) is 0 Å². The third-order valence-electron chi connectivity index (χ3n) is 3.20. The fourth-order valence-corrected chi connectivity index (χ4v) is 2.57. The highest BCUT2D eigenvalue weighted by atomic mass is 16.5. The zero-order chi connectivity index (χ0) is 8.55. The summed E-state index contributed by atoms with van der Waals surface area (Å²) in [6, 6.07) is -0.0116. The summed E-state index contributed by atoms with van der Waals surface area (Å²) in [6.07, 6.45) is 3.76. The van der Waals surface area contributed by atoms with Crippen LogP contribution < -0.4 is 5.32 Å². The van der Waals surface area contributed by atoms with Crippen LogP contribution in [0, 0.1) is 11.8 Å². The predicted octanol–water partition coefficient (Wildman–Crippen LogP) is 0.547. The van der Waals surface area contributed by atoms with Crippen molar-refractivity contribution in [2.45, 2.75) is 25.3 Å². The van der Waals surface area contributed by atoms with Crippen LogP contribution in [0.25, 0.3) is 0 Å². The molecule has 0 bridgehead atoms. The Balaban J connectivity index is 2.04. The lowest BCUT2D eigenvalue weighted by atomic mass is 9.94. The van der Waals surface area contributed by atoms with Gasteiger partial charge in [0.1, 0.15) is 6.04 Å². The molecule has 3 heteroatoms. The van der Waals surface area contributed by atoms with Gasteiger partial charge in [-0.25, -0.2) is 0 Å². The first-order valence-electron chi connectivity index (χ1n) is 4.64. The molecule has 1 N–H and O–H groups in total. The first kappa shape index (κ1) is 8.05. The molecule has 1 aliphatic carbocycles. The second-order valence-electron chi connectivity index (χ2n) is 3.76. The Labute approximate surface area is 72.5 Å². The van der Waals surface area contributed by atoms with Gasteiger partial charge in [-0.1, -0.05) is 6.42 Å². The van der Waals surface area contributed by atoms with Gasteiger partial charge in [0.15, 0.2) is 0 Å². The lowest BCUT2D eigenvalue weighted by molar-refractivity contribution is -0.143. The van der Waals surface area contributed by atoms with Crippen LogP contribution in [-0.2, 0) is 9.53 Å². The van der Waals surface area contributed by atoms with Crippen molar-refractivity contribution in [2.75, 3.05) is 13.7 Å². The molecule has 2 rings (SSSR count). The average molecular weight is 169 g/mol. The molecule has 68 valence electrons. The van der Waals surface area contributed by atoms with E-state index in [9.17, 15) is 4.79 Å². The van der Waals surface area contributed by atoms with E-state index in [4.69, 9.17) is 4.74 Å². The molecule has 0 unspecified atom stereocenters. The van der Waals surface area contributed by atoms with E-state index in [1.54, 1.807) is 0 Å². The fourth-order valence-electron chi connectivity index (χ4n) is 2.57. The highest BCUT2D eigenvalue weighted by molar-refractivity contribution is 5.76. The van der Waals surface area contributed by atoms with Crippen LogP contribution in [0.1, 0.15) is 19.3 Å². The largest absolute Gasteiger partial charge is 0.468 e. The number of rotatable bonds is 1. The van der Waals surface area contributed by atoms with Gasteiger partial charge in [-0.15, -0.1) is 0 Å². The Kier molecular flexibility index (Phi) is 2.05. The summed E-state index contributed by atoms with van der Waals surface area (Å²) in [7, 11) is 1.46. The summed E-state index contributed by atoms with van der Waals surface area (Å²) in [5.74, 6) is 1.20. The molecule has 0 radical (unpaired) electrons. The zero-order valence-corrected chi connectivity index (χ0v) is 7.38. The molecule has 12 heavy (non-hydrogen) atoms. The Hall–Kier alpha value is -0.570. The molecular formula is C9H15NO2. The van der Waals surface area contributed by atoms with Crippen molar-refractivity contribution in [2.24, 2.45) is 11.8 Å². The number of carbonyl (C=O) groups excluding carboxylic acids is 1. The quantitative estimate of drug-likeness (QED) is 0.582. The smallest absolute Gasteiger partial charge is 0.323 e. The van der Waals surface area contributed by atoms with Gasteiger partial charge in [-0.3, -0.25) is 4.79 Å². The second kappa shape index (κ2) is 3.05. The van der Waals surface area contributed by atoms with Gasteiger partial charge in [0, 0.05) is 0 Å². The summed E-state index contributed by atoms with van der Waals surface area (Å²) >= 11 is 0. The summed E-state index contributed by atoms with van der Waals surface area (Å²) < 4.78 is 4.74. The Morgan fingerprint density at radius 2 is 2.33 bits per heavy atom. The summed E-state index contributed by atoms with van der Waals surface area (Å²) in [6.45, 7) is 1.00. The van der Waals surface area contributed by atoms with Crippen molar-refractivity contribution >= 4 is 5.97 Å². The SMILES string of the molecule is COC(=O)[C@@H]1NC[C@@H]2CCC[C@H]21. The molecule has 1 aliphatic heterocycles. The van der Waals surface area contributed by atoms with E-state index in [-0.39, 0.29) is 12.0 Å². The summed E-state index contributed by atoms with van der Waals surface area (Å²) in [4.78, 5) is 11.3. The minimum Gasteiger partial charge on any atom is -0.468 e. The van der Waals surface area contributed by atoms with E-state index >= 15 is 0 Å². The maximum Gasteiger partial charge on any atom is 0.323 e. The number of esters is 1. The summed E-state index contributed by atoms with van der Waals surface area (Å²) in [5.41, 5.74) is 0. The van der Waals surface area contributed by atoms with E-state index in [1.165, 1.54) is 26.4 Å². The Morgan fingerprint density at radius 3 is 3.08 bits per heavy atom. The number of hydrogen-bond donors (Lipinski definition) is 1. The number of fused-ring (bicyclic) bond motifs is 1. The highest BCUT2D eigenvalue weighted by Crippen LogP contribution is 2.37. The zero-order valence-electron chi connectivity index (χ0n) is 7.38. The predicted molar refractivity (Wildman–Crippen MR) is 44.6 cm³/mol. The van der Waals surface area contributed by atoms with Crippen LogP contribution in [0.5, 0.6) is 0 Å². The van der Waals surface area contributed by atoms with Crippen LogP contribution in [0.2, 0.25) is 0 Å². The molecule has 0 amide bonds. The number of hydrogen-bond acceptors (Lipinski definition) is 3. The van der Waals surface area contributed by atoms with Crippen molar-refractivity contribution < 1.29 is 9.53 Å². The number of carbonyl (C=O) groups is 1. The van der Waals surface area contributed by atoms with E-state index in [1.807, 2.05) is 0 Å². The van der Waals surface area contributed by atoms with Gasteiger partial charge < -0.3 is 10.1 Å². The van der Waals surface area contributed by atoms with E-state index < -0.39 is 0 Å². The Bertz CT molecular complexity index is 193. The number of nitrogens with one attached hydrogen (secondary N) is 1. The van der Waals surface area contributed by atoms with Crippen LogP contribution in [-0.4, -0.2) is 25.7 Å². The topological polar surface area (TPSA) is 38.3 Å². The normalized spacial score (nSPS) is 39.6. The molecule has 2 aliphatic rings. The van der Waals surface area contributed by atoms with Crippen LogP contribution in [0.4, 0.5) is 0 Å². The van der Waals surface area contributed by atoms with Crippen LogP contribution in [0.3, 0.4) is 0 Å². The molecule has 0 spiro atoms. The maximum absolute atomic E-state index is 11.3. The molecule has 0 aromatic carbocycles. The molecule has 1 saturated heterocycles. The molecular weight excluding hydrogens is 154 g/mol. The van der Waals surface area contributed by atoms with Gasteiger partial charge in [0.05, 0.1) is 7.11 Å². The lowest BCUT2D eigenvalue weighted by Gasteiger charge is -2.14. The lowest BCUT2D eigenvalue weighted by Crippen LogP contribution is -2.36. The van der Waals surface area contributed by atoms with Crippen LogP contribution in [0.15, 0.2) is 0 Å². The molecule has 3 nitrogen and oxygen atoms in total. The van der Waals surface area contributed by atoms with Crippen molar-refractivity contribution in [1.82, 2.24) is 5.32 Å². The van der Waals surface area contributed by atoms with Crippen molar-refractivity contribution in [1.29, 1.82) is 0 Å². The second-order valence-corrected chi connectivity index (χ2v) is 3.76. The van der Waals surface area contributed by atoms with E-state index in [0.717, 1.165) is 12.5 Å². The number of methoxy groups -OCH3 is 1. The van der Waals surface area contributed by atoms with Gasteiger partial charge in [0.2, 0.25) is 0 Å². The third-order valence-corrected chi connectivity index (χ3v) is 3.20. The third kappa shape index (κ3) is 1.12. The van der Waals surface area contributed by atoms with Crippen LogP contribution >= 0.6 is 0 Å². The van der Waals surface area contributed by atoms with E-state index in [0.29, 0.717) is 5.92 Å². The van der Waals surface area contributed by atoms with Gasteiger partial charge in [-0.05, 0) is 31.2 Å². The first-order chi connectivity index (χ1) is 5.83. The first-order valence-corrected chi connectivity index (χ1v) is 4.64. The van der Waals surface area contributed by atoms with Crippen molar-refractivity contribution in [3.8, 4) is 0 Å². The molecule has 3 atom stereocenters. The molecule has 0 aromatic rings. The monoisotopic (exact) mass is 169 g/mol. The fraction of sp³-hybridized carbons (Fsp3) is 0.889. The molecule has 2 fully saturated rings. The minimum atomic E-state index is -0.0793. The summed E-state index contributed by atoms with van der Waals surface area (Å²) in [5, 5.41) is 3.23. The van der Waals surface area contributed by atoms with Gasteiger partial charge >= 0.3 is 5.97 Å². The van der Waals surface area contributed by atoms with Crippen molar-refractivity contribution in [3.05, 3.63) is 0 Å². The molecule has 1 heterocycles. The molecule has 0 aromatic heterocycles. The molecule has 1 saturated carbocycles. The van der Waals surface area contributed by atoms with Crippen molar-refractivity contribution in [3.63, 3.8) is 0 Å². The minimum absolute atomic E-state index is 0.0116. The average Bonchev–Trinajstić information content (AvgIpc) is 2.62. The number of ether oxygens (including phenoxy) is 1. The highest BCUT2D eigenvalue weighted by Gasteiger charge is 2.42. The van der Waals surface area contributed by atoms with Gasteiger partial charge in [0.25, 0.3) is 0 Å². The van der Waals surface area contributed by atoms with E-state index in [2.05, 4.69) is 5.32 Å². The standard InChI is InChI=1S/C9H15NO2/c1-12-9(11)8-7-4-2-3-6(7)5-10-8/h6-8,10H,2-5H2,1H3/t6-,7+,8+/m0/s1. The Morgan fingerprint density at radius 1 is 1.50 bits per heavy atom. The maximum atomic E-state index is 11.3.